The lowest BCUT2D eigenvalue weighted by Gasteiger charge is -2.16. The Morgan fingerprint density at radius 2 is 1.80 bits per heavy atom. The summed E-state index contributed by atoms with van der Waals surface area (Å²) in [6.07, 6.45) is 0.995. The first kappa shape index (κ1) is 22.1. The van der Waals surface area contributed by atoms with E-state index in [0.717, 1.165) is 12.0 Å². The molecule has 0 unspecified atom stereocenters. The SMILES string of the molecule is CCc1ccc([C@@H](C)NC(=O)CSc2nc3ccccc3c(=O)n2CC(C)C)cc1. The van der Waals surface area contributed by atoms with Crippen LogP contribution in [-0.4, -0.2) is 21.2 Å². The zero-order valence-corrected chi connectivity index (χ0v) is 18.8. The van der Waals surface area contributed by atoms with Crippen molar-refractivity contribution in [3.8, 4) is 0 Å². The molecule has 0 aliphatic carbocycles. The summed E-state index contributed by atoms with van der Waals surface area (Å²) in [5.74, 6) is 0.427. The van der Waals surface area contributed by atoms with E-state index in [1.807, 2.05) is 25.1 Å². The van der Waals surface area contributed by atoms with Crippen LogP contribution in [0.1, 0.15) is 44.9 Å². The molecule has 1 amide bonds. The molecule has 3 rings (SSSR count). The Morgan fingerprint density at radius 3 is 2.47 bits per heavy atom. The summed E-state index contributed by atoms with van der Waals surface area (Å²) >= 11 is 1.31. The maximum atomic E-state index is 13.0. The van der Waals surface area contributed by atoms with Crippen LogP contribution in [0.25, 0.3) is 10.9 Å². The van der Waals surface area contributed by atoms with E-state index in [0.29, 0.717) is 28.5 Å². The van der Waals surface area contributed by atoms with Crippen molar-refractivity contribution in [3.05, 3.63) is 70.0 Å². The number of rotatable bonds is 8. The highest BCUT2D eigenvalue weighted by Crippen LogP contribution is 2.20. The van der Waals surface area contributed by atoms with Gasteiger partial charge in [0, 0.05) is 6.54 Å². The molecule has 0 aliphatic heterocycles. The number of nitrogens with zero attached hydrogens (tertiary/aromatic N) is 2. The minimum atomic E-state index is -0.0782. The quantitative estimate of drug-likeness (QED) is 0.425. The predicted molar refractivity (Wildman–Crippen MR) is 124 cm³/mol. The third kappa shape index (κ3) is 5.30. The van der Waals surface area contributed by atoms with Gasteiger partial charge in [-0.2, -0.15) is 0 Å². The number of amides is 1. The van der Waals surface area contributed by atoms with Crippen LogP contribution < -0.4 is 10.9 Å². The minimum Gasteiger partial charge on any atom is -0.349 e. The number of hydrogen-bond acceptors (Lipinski definition) is 4. The summed E-state index contributed by atoms with van der Waals surface area (Å²) in [6.45, 7) is 8.80. The molecule has 6 heteroatoms. The average molecular weight is 424 g/mol. The summed E-state index contributed by atoms with van der Waals surface area (Å²) in [7, 11) is 0. The highest BCUT2D eigenvalue weighted by molar-refractivity contribution is 7.99. The molecule has 0 saturated carbocycles. The van der Waals surface area contributed by atoms with Crippen molar-refractivity contribution in [2.24, 2.45) is 5.92 Å². The number of para-hydroxylation sites is 1. The van der Waals surface area contributed by atoms with Gasteiger partial charge in [-0.05, 0) is 42.5 Å². The van der Waals surface area contributed by atoms with Crippen LogP contribution in [0.3, 0.4) is 0 Å². The Bertz CT molecular complexity index is 1070. The summed E-state index contributed by atoms with van der Waals surface area (Å²) in [5.41, 5.74) is 2.96. The Hall–Kier alpha value is -2.60. The Kier molecular flexibility index (Phi) is 7.32. The molecule has 0 saturated heterocycles. The van der Waals surface area contributed by atoms with Gasteiger partial charge < -0.3 is 5.32 Å². The van der Waals surface area contributed by atoms with E-state index in [-0.39, 0.29) is 23.3 Å². The standard InChI is InChI=1S/C24H29N3O2S/c1-5-18-10-12-19(13-11-18)17(4)25-22(28)15-30-24-26-21-9-7-6-8-20(21)23(29)27(24)14-16(2)3/h6-13,16-17H,5,14-15H2,1-4H3,(H,25,28)/t17-/m1/s1. The van der Waals surface area contributed by atoms with E-state index in [1.165, 1.54) is 17.3 Å². The van der Waals surface area contributed by atoms with Gasteiger partial charge in [-0.15, -0.1) is 0 Å². The Balaban J connectivity index is 1.73. The van der Waals surface area contributed by atoms with Crippen molar-refractivity contribution < 1.29 is 4.79 Å². The smallest absolute Gasteiger partial charge is 0.262 e. The van der Waals surface area contributed by atoms with Gasteiger partial charge in [0.25, 0.3) is 5.56 Å². The number of benzene rings is 2. The molecule has 0 fully saturated rings. The second-order valence-electron chi connectivity index (χ2n) is 7.89. The second kappa shape index (κ2) is 9.94. The van der Waals surface area contributed by atoms with E-state index < -0.39 is 0 Å². The fraction of sp³-hybridized carbons (Fsp3) is 0.375. The molecular weight excluding hydrogens is 394 g/mol. The predicted octanol–water partition coefficient (Wildman–Crippen LogP) is 4.58. The summed E-state index contributed by atoms with van der Waals surface area (Å²) in [6, 6.07) is 15.6. The topological polar surface area (TPSA) is 64.0 Å². The van der Waals surface area contributed by atoms with Gasteiger partial charge in [0.05, 0.1) is 22.7 Å². The molecule has 3 aromatic rings. The third-order valence-electron chi connectivity index (χ3n) is 4.97. The van der Waals surface area contributed by atoms with Gasteiger partial charge in [0.15, 0.2) is 5.16 Å². The van der Waals surface area contributed by atoms with Crippen LogP contribution in [0.4, 0.5) is 0 Å². The van der Waals surface area contributed by atoms with Gasteiger partial charge in [-0.25, -0.2) is 4.98 Å². The maximum Gasteiger partial charge on any atom is 0.262 e. The lowest BCUT2D eigenvalue weighted by Crippen LogP contribution is -2.29. The number of hydrogen-bond donors (Lipinski definition) is 1. The van der Waals surface area contributed by atoms with E-state index in [2.05, 4.69) is 55.3 Å². The molecule has 158 valence electrons. The van der Waals surface area contributed by atoms with Crippen molar-refractivity contribution in [2.75, 3.05) is 5.75 Å². The van der Waals surface area contributed by atoms with E-state index in [1.54, 1.807) is 10.6 Å². The number of carbonyl (C=O) groups is 1. The largest absolute Gasteiger partial charge is 0.349 e. The van der Waals surface area contributed by atoms with Crippen molar-refractivity contribution in [1.29, 1.82) is 0 Å². The number of fused-ring (bicyclic) bond motifs is 1. The average Bonchev–Trinajstić information content (AvgIpc) is 2.74. The van der Waals surface area contributed by atoms with Gasteiger partial charge in [0.2, 0.25) is 5.91 Å². The first-order chi connectivity index (χ1) is 14.4. The fourth-order valence-electron chi connectivity index (χ4n) is 3.32. The van der Waals surface area contributed by atoms with Gasteiger partial charge in [-0.3, -0.25) is 14.2 Å². The van der Waals surface area contributed by atoms with Crippen LogP contribution in [0.2, 0.25) is 0 Å². The highest BCUT2D eigenvalue weighted by Gasteiger charge is 2.15. The van der Waals surface area contributed by atoms with Crippen molar-refractivity contribution in [2.45, 2.75) is 51.9 Å². The molecular formula is C24H29N3O2S. The number of thioether (sulfide) groups is 1. The zero-order chi connectivity index (χ0) is 21.7. The van der Waals surface area contributed by atoms with E-state index in [9.17, 15) is 9.59 Å². The molecule has 1 heterocycles. The Morgan fingerprint density at radius 1 is 1.10 bits per heavy atom. The summed E-state index contributed by atoms with van der Waals surface area (Å²) < 4.78 is 1.69. The van der Waals surface area contributed by atoms with Gasteiger partial charge in [-0.1, -0.05) is 68.9 Å². The molecule has 30 heavy (non-hydrogen) atoms. The molecule has 2 aromatic carbocycles. The van der Waals surface area contributed by atoms with Gasteiger partial charge >= 0.3 is 0 Å². The van der Waals surface area contributed by atoms with Crippen molar-refractivity contribution >= 4 is 28.6 Å². The first-order valence-corrected chi connectivity index (χ1v) is 11.4. The molecule has 1 N–H and O–H groups in total. The minimum absolute atomic E-state index is 0.0541. The summed E-state index contributed by atoms with van der Waals surface area (Å²) in [4.78, 5) is 30.2. The zero-order valence-electron chi connectivity index (χ0n) is 18.0. The molecule has 1 aromatic heterocycles. The van der Waals surface area contributed by atoms with E-state index in [4.69, 9.17) is 0 Å². The Labute approximate surface area is 181 Å². The second-order valence-corrected chi connectivity index (χ2v) is 8.84. The molecule has 0 bridgehead atoms. The van der Waals surface area contributed by atoms with Crippen LogP contribution >= 0.6 is 11.8 Å². The molecule has 0 aliphatic rings. The van der Waals surface area contributed by atoms with E-state index >= 15 is 0 Å². The molecule has 0 spiro atoms. The van der Waals surface area contributed by atoms with Crippen molar-refractivity contribution in [3.63, 3.8) is 0 Å². The number of nitrogens with one attached hydrogen (secondary N) is 1. The van der Waals surface area contributed by atoms with Crippen LogP contribution in [-0.2, 0) is 17.8 Å². The number of aryl methyl sites for hydroxylation is 1. The van der Waals surface area contributed by atoms with Crippen LogP contribution in [0.15, 0.2) is 58.5 Å². The lowest BCUT2D eigenvalue weighted by atomic mass is 10.1. The van der Waals surface area contributed by atoms with Crippen molar-refractivity contribution in [1.82, 2.24) is 14.9 Å². The van der Waals surface area contributed by atoms with Crippen LogP contribution in [0.5, 0.6) is 0 Å². The molecule has 1 atom stereocenters. The fourth-order valence-corrected chi connectivity index (χ4v) is 4.14. The lowest BCUT2D eigenvalue weighted by molar-refractivity contribution is -0.119. The molecule has 5 nitrogen and oxygen atoms in total. The molecule has 0 radical (unpaired) electrons. The number of carbonyl (C=O) groups excluding carboxylic acids is 1. The first-order valence-electron chi connectivity index (χ1n) is 10.4. The van der Waals surface area contributed by atoms with Crippen LogP contribution in [0, 0.1) is 5.92 Å². The summed E-state index contributed by atoms with van der Waals surface area (Å²) in [5, 5.41) is 4.23. The van der Waals surface area contributed by atoms with Gasteiger partial charge in [0.1, 0.15) is 0 Å². The highest BCUT2D eigenvalue weighted by atomic mass is 32.2. The maximum absolute atomic E-state index is 13.0. The third-order valence-corrected chi connectivity index (χ3v) is 5.95. The monoisotopic (exact) mass is 423 g/mol. The normalized spacial score (nSPS) is 12.3. The number of aromatic nitrogens is 2.